The second kappa shape index (κ2) is 6.40. The van der Waals surface area contributed by atoms with E-state index in [9.17, 15) is 17.7 Å². The summed E-state index contributed by atoms with van der Waals surface area (Å²) in [6.07, 6.45) is 6.57. The number of thiol groups is 1. The van der Waals surface area contributed by atoms with Gasteiger partial charge in [-0.2, -0.15) is 0 Å². The summed E-state index contributed by atoms with van der Waals surface area (Å²) >= 11 is 6.03. The number of benzene rings is 1. The van der Waals surface area contributed by atoms with E-state index in [-0.39, 0.29) is 26.9 Å². The third-order valence-electron chi connectivity index (χ3n) is 4.38. The van der Waals surface area contributed by atoms with E-state index in [0.717, 1.165) is 19.3 Å². The molecule has 134 valence electrons. The van der Waals surface area contributed by atoms with Gasteiger partial charge in [0.25, 0.3) is 0 Å². The molecule has 7 nitrogen and oxygen atoms in total. The molecule has 0 saturated heterocycles. The van der Waals surface area contributed by atoms with Gasteiger partial charge in [-0.25, -0.2) is 18.3 Å². The van der Waals surface area contributed by atoms with Crippen molar-refractivity contribution >= 4 is 37.4 Å². The van der Waals surface area contributed by atoms with Crippen molar-refractivity contribution in [3.05, 3.63) is 29.3 Å². The fourth-order valence-corrected chi connectivity index (χ4v) is 6.27. The summed E-state index contributed by atoms with van der Waals surface area (Å²) in [5.41, 5.74) is 0.461. The summed E-state index contributed by atoms with van der Waals surface area (Å²) in [4.78, 5) is -0.111. The maximum atomic E-state index is 13.2. The van der Waals surface area contributed by atoms with Crippen LogP contribution in [0.5, 0.6) is 0 Å². The number of sulfonamides is 1. The Morgan fingerprint density at radius 2 is 2.12 bits per heavy atom. The van der Waals surface area contributed by atoms with Crippen LogP contribution < -0.4 is 15.2 Å². The smallest absolute Gasteiger partial charge is 0.239 e. The van der Waals surface area contributed by atoms with Crippen molar-refractivity contribution < 1.29 is 17.7 Å². The number of anilines is 1. The van der Waals surface area contributed by atoms with Crippen LogP contribution in [-0.2, 0) is 20.1 Å². The minimum Gasteiger partial charge on any atom is -0.384 e. The first-order valence-corrected chi connectivity index (χ1v) is 11.3. The molecule has 0 saturated carbocycles. The van der Waals surface area contributed by atoms with E-state index in [4.69, 9.17) is 16.7 Å². The number of primary sulfonamides is 1. The predicted molar refractivity (Wildman–Crippen MR) is 94.7 cm³/mol. The number of nitrogens with one attached hydrogen (secondary N) is 2. The van der Waals surface area contributed by atoms with Crippen LogP contribution in [0.2, 0.25) is 5.02 Å². The molecule has 1 aliphatic carbocycles. The normalized spacial score (nSPS) is 27.1. The molecule has 5 N–H and O–H groups in total. The Morgan fingerprint density at radius 1 is 1.38 bits per heavy atom. The molecule has 1 aromatic rings. The van der Waals surface area contributed by atoms with Gasteiger partial charge in [-0.1, -0.05) is 23.8 Å². The van der Waals surface area contributed by atoms with Crippen molar-refractivity contribution in [2.24, 2.45) is 11.1 Å². The van der Waals surface area contributed by atoms with Crippen molar-refractivity contribution in [1.82, 2.24) is 4.72 Å². The summed E-state index contributed by atoms with van der Waals surface area (Å²) in [7, 11) is -7.44. The second-order valence-corrected chi connectivity index (χ2v) is 10.5. The average Bonchev–Trinajstić information content (AvgIpc) is 2.53. The third-order valence-corrected chi connectivity index (χ3v) is 8.00. The molecule has 24 heavy (non-hydrogen) atoms. The van der Waals surface area contributed by atoms with E-state index in [1.54, 1.807) is 0 Å². The summed E-state index contributed by atoms with van der Waals surface area (Å²) in [5, 5.41) is 18.0. The van der Waals surface area contributed by atoms with Gasteiger partial charge in [0.05, 0.1) is 21.8 Å². The predicted octanol–water partition coefficient (Wildman–Crippen LogP) is 0.925. The standard InChI is InChI=1S/C14H20ClN3O4S2/c15-10-6-11-13(7-12(10)24(16,21)22)23(20,8-19)18-14(17-11)9-4-2-1-3-5-9/h1-2,6-7,9,14,17,19,23H,3-5,8H2,(H,18,20)(H2,16,21,22). The van der Waals surface area contributed by atoms with Crippen LogP contribution in [0.15, 0.2) is 34.1 Å². The Kier molecular flexibility index (Phi) is 4.75. The fraction of sp³-hybridized carbons (Fsp3) is 0.429. The van der Waals surface area contributed by atoms with Crippen molar-refractivity contribution in [2.75, 3.05) is 11.3 Å². The zero-order chi connectivity index (χ0) is 17.5. The molecule has 1 aromatic carbocycles. The lowest BCUT2D eigenvalue weighted by molar-refractivity contribution is 0.350. The molecule has 0 aromatic heterocycles. The quantitative estimate of drug-likeness (QED) is 0.386. The highest BCUT2D eigenvalue weighted by Gasteiger charge is 2.35. The molecule has 0 amide bonds. The van der Waals surface area contributed by atoms with Gasteiger partial charge in [0, 0.05) is 0 Å². The number of halogens is 1. The zero-order valence-corrected chi connectivity index (χ0v) is 15.2. The molecule has 2 aliphatic rings. The highest BCUT2D eigenvalue weighted by molar-refractivity contribution is 8.01. The first kappa shape index (κ1) is 17.8. The SMILES string of the molecule is NS(=O)(=O)c1cc2c(cc1Cl)NC(C1CC=CCC1)N[SH]2(=O)CO. The lowest BCUT2D eigenvalue weighted by atomic mass is 9.92. The molecule has 0 bridgehead atoms. The minimum absolute atomic E-state index is 0.0440. The van der Waals surface area contributed by atoms with Crippen LogP contribution in [0.3, 0.4) is 0 Å². The van der Waals surface area contributed by atoms with E-state index in [2.05, 4.69) is 22.2 Å². The van der Waals surface area contributed by atoms with Crippen LogP contribution in [0.1, 0.15) is 19.3 Å². The fourth-order valence-electron chi connectivity index (χ4n) is 3.13. The lowest BCUT2D eigenvalue weighted by Crippen LogP contribution is -2.53. The average molecular weight is 394 g/mol. The molecule has 3 rings (SSSR count). The lowest BCUT2D eigenvalue weighted by Gasteiger charge is -2.41. The van der Waals surface area contributed by atoms with Gasteiger partial charge >= 0.3 is 0 Å². The molecule has 0 spiro atoms. The summed E-state index contributed by atoms with van der Waals surface area (Å²) < 4.78 is 39.4. The van der Waals surface area contributed by atoms with Crippen LogP contribution in [0, 0.1) is 5.92 Å². The zero-order valence-electron chi connectivity index (χ0n) is 12.8. The second-order valence-electron chi connectivity index (χ2n) is 6.02. The molecule has 1 heterocycles. The number of hydrogen-bond acceptors (Lipinski definition) is 5. The largest absolute Gasteiger partial charge is 0.384 e. The first-order valence-electron chi connectivity index (χ1n) is 7.51. The van der Waals surface area contributed by atoms with Crippen LogP contribution >= 0.6 is 11.6 Å². The van der Waals surface area contributed by atoms with Gasteiger partial charge < -0.3 is 10.4 Å². The summed E-state index contributed by atoms with van der Waals surface area (Å²) in [6.45, 7) is 0. The van der Waals surface area contributed by atoms with Gasteiger partial charge in [0.2, 0.25) is 10.0 Å². The third kappa shape index (κ3) is 3.24. The number of nitrogens with two attached hydrogens (primary N) is 1. The maximum Gasteiger partial charge on any atom is 0.239 e. The van der Waals surface area contributed by atoms with E-state index in [1.165, 1.54) is 12.1 Å². The summed E-state index contributed by atoms with van der Waals surface area (Å²) in [6, 6.07) is 2.59. The number of aliphatic hydroxyl groups is 1. The van der Waals surface area contributed by atoms with Crippen molar-refractivity contribution in [3.8, 4) is 0 Å². The van der Waals surface area contributed by atoms with Crippen LogP contribution in [0.4, 0.5) is 5.69 Å². The molecule has 10 heteroatoms. The Balaban J connectivity index is 2.07. The maximum absolute atomic E-state index is 13.2. The van der Waals surface area contributed by atoms with Gasteiger partial charge in [0.15, 0.2) is 0 Å². The Morgan fingerprint density at radius 3 is 2.71 bits per heavy atom. The van der Waals surface area contributed by atoms with Crippen LogP contribution in [-0.4, -0.2) is 29.8 Å². The van der Waals surface area contributed by atoms with Gasteiger partial charge in [0.1, 0.15) is 10.8 Å². The highest BCUT2D eigenvalue weighted by atomic mass is 35.5. The van der Waals surface area contributed by atoms with Crippen molar-refractivity contribution in [3.63, 3.8) is 0 Å². The van der Waals surface area contributed by atoms with Gasteiger partial charge in [-0.15, -0.1) is 0 Å². The van der Waals surface area contributed by atoms with E-state index in [1.807, 2.05) is 0 Å². The van der Waals surface area contributed by atoms with Crippen molar-refractivity contribution in [1.29, 1.82) is 0 Å². The monoisotopic (exact) mass is 393 g/mol. The van der Waals surface area contributed by atoms with Gasteiger partial charge in [-0.3, -0.25) is 4.21 Å². The van der Waals surface area contributed by atoms with E-state index >= 15 is 0 Å². The van der Waals surface area contributed by atoms with E-state index < -0.39 is 26.1 Å². The van der Waals surface area contributed by atoms with E-state index in [0.29, 0.717) is 5.69 Å². The highest BCUT2D eigenvalue weighted by Crippen LogP contribution is 2.38. The minimum atomic E-state index is -4.06. The first-order chi connectivity index (χ1) is 11.2. The Bertz CT molecular complexity index is 841. The van der Waals surface area contributed by atoms with Crippen LogP contribution in [0.25, 0.3) is 0 Å². The Hall–Kier alpha value is -0.970. The molecule has 2 atom stereocenters. The molecule has 2 unspecified atom stereocenters. The number of fused-ring (bicyclic) bond motifs is 1. The molecule has 1 aliphatic heterocycles. The molecular formula is C14H20ClN3O4S2. The van der Waals surface area contributed by atoms with Crippen molar-refractivity contribution in [2.45, 2.75) is 35.2 Å². The molecular weight excluding hydrogens is 374 g/mol. The number of hydrogen-bond donors (Lipinski definition) is 5. The van der Waals surface area contributed by atoms with Gasteiger partial charge in [-0.05, 0) is 47.4 Å². The number of allylic oxidation sites excluding steroid dienone is 2. The Labute approximate surface area is 146 Å². The number of rotatable bonds is 3. The topological polar surface area (TPSA) is 122 Å². The molecule has 0 fully saturated rings. The number of aliphatic hydroxyl groups excluding tert-OH is 1. The summed E-state index contributed by atoms with van der Waals surface area (Å²) in [5.74, 6) is -0.411. The molecule has 0 radical (unpaired) electrons.